The van der Waals surface area contributed by atoms with E-state index in [9.17, 15) is 13.2 Å². The van der Waals surface area contributed by atoms with Crippen LogP contribution in [0.15, 0.2) is 28.6 Å². The van der Waals surface area contributed by atoms with Crippen molar-refractivity contribution in [2.75, 3.05) is 28.2 Å². The smallest absolute Gasteiger partial charge is 0.269 e. The summed E-state index contributed by atoms with van der Waals surface area (Å²) in [6.07, 6.45) is 1.14. The highest BCUT2D eigenvalue weighted by Gasteiger charge is 2.35. The molecule has 1 amide bonds. The summed E-state index contributed by atoms with van der Waals surface area (Å²) in [5.41, 5.74) is 0.424. The van der Waals surface area contributed by atoms with E-state index in [4.69, 9.17) is 4.74 Å². The van der Waals surface area contributed by atoms with Crippen molar-refractivity contribution in [1.29, 1.82) is 0 Å². The lowest BCUT2D eigenvalue weighted by Crippen LogP contribution is -2.48. The Balaban J connectivity index is 1.75. The van der Waals surface area contributed by atoms with Gasteiger partial charge in [0.1, 0.15) is 5.75 Å². The minimum absolute atomic E-state index is 0.0993. The van der Waals surface area contributed by atoms with Crippen LogP contribution in [0.3, 0.4) is 0 Å². The zero-order chi connectivity index (χ0) is 18.7. The number of carbonyl (C=O) groups excluding carboxylic acids is 1. The van der Waals surface area contributed by atoms with Crippen LogP contribution in [0, 0.1) is 0 Å². The molecule has 1 atom stereocenters. The summed E-state index contributed by atoms with van der Waals surface area (Å²) in [7, 11) is -3.54. The first-order chi connectivity index (χ1) is 12.4. The highest BCUT2D eigenvalue weighted by molar-refractivity contribution is 8.01. The highest BCUT2D eigenvalue weighted by Crippen LogP contribution is 2.35. The van der Waals surface area contributed by atoms with Gasteiger partial charge < -0.3 is 4.74 Å². The lowest BCUT2D eigenvalue weighted by Gasteiger charge is -2.33. The molecule has 1 N–H and O–H groups in total. The van der Waals surface area contributed by atoms with Gasteiger partial charge in [-0.2, -0.15) is 0 Å². The number of sulfonamides is 1. The maximum absolute atomic E-state index is 12.5. The molecule has 2 heterocycles. The van der Waals surface area contributed by atoms with Crippen LogP contribution in [-0.2, 0) is 14.8 Å². The molecule has 1 aromatic heterocycles. The fourth-order valence-electron chi connectivity index (χ4n) is 2.35. The minimum Gasteiger partial charge on any atom is -0.476 e. The zero-order valence-electron chi connectivity index (χ0n) is 14.2. The second-order valence-corrected chi connectivity index (χ2v) is 9.81. The Kier molecular flexibility index (Phi) is 5.68. The molecule has 1 aliphatic rings. The first-order valence-corrected chi connectivity index (χ1v) is 11.5. The van der Waals surface area contributed by atoms with Gasteiger partial charge in [0.05, 0.1) is 18.5 Å². The van der Waals surface area contributed by atoms with E-state index in [1.54, 1.807) is 36.0 Å². The summed E-state index contributed by atoms with van der Waals surface area (Å²) in [6.45, 7) is 1.97. The van der Waals surface area contributed by atoms with Crippen molar-refractivity contribution in [3.63, 3.8) is 0 Å². The van der Waals surface area contributed by atoms with Crippen molar-refractivity contribution in [3.8, 4) is 5.75 Å². The molecule has 0 radical (unpaired) electrons. The third kappa shape index (κ3) is 4.27. The number of fused-ring (bicyclic) bond motifs is 1. The van der Waals surface area contributed by atoms with Crippen molar-refractivity contribution < 1.29 is 17.9 Å². The average Bonchev–Trinajstić information content (AvgIpc) is 3.05. The summed E-state index contributed by atoms with van der Waals surface area (Å²) in [4.78, 5) is 12.5. The molecule has 2 aromatic rings. The molecule has 3 rings (SSSR count). The number of para-hydroxylation sites is 2. The molecule has 0 bridgehead atoms. The second kappa shape index (κ2) is 7.80. The Morgan fingerprint density at radius 3 is 2.92 bits per heavy atom. The predicted octanol–water partition coefficient (Wildman–Crippen LogP) is 2.21. The largest absolute Gasteiger partial charge is 0.476 e. The van der Waals surface area contributed by atoms with Gasteiger partial charge in [0.2, 0.25) is 15.2 Å². The number of hydrogen-bond acceptors (Lipinski definition) is 8. The number of benzene rings is 1. The molecule has 0 unspecified atom stereocenters. The molecule has 0 aliphatic carbocycles. The van der Waals surface area contributed by atoms with E-state index in [1.807, 2.05) is 0 Å². The van der Waals surface area contributed by atoms with Crippen LogP contribution in [0.2, 0.25) is 0 Å². The Hall–Kier alpha value is -1.85. The quantitative estimate of drug-likeness (QED) is 0.571. The van der Waals surface area contributed by atoms with Crippen molar-refractivity contribution in [2.45, 2.75) is 23.8 Å². The standard InChI is InChI=1S/C15H18N4O4S3/c1-3-8-24-15-18-17-14(25-15)16-13(20)12-9-19(26(2,21)22)10-6-4-5-7-11(10)23-12/h4-7,12H,3,8-9H2,1-2H3,(H,16,17,20)/t12-/m0/s1. The average molecular weight is 415 g/mol. The Morgan fingerprint density at radius 2 is 2.19 bits per heavy atom. The van der Waals surface area contributed by atoms with Crippen LogP contribution in [0.5, 0.6) is 5.75 Å². The first kappa shape index (κ1) is 18.9. The number of anilines is 2. The molecule has 26 heavy (non-hydrogen) atoms. The van der Waals surface area contributed by atoms with Gasteiger partial charge >= 0.3 is 0 Å². The predicted molar refractivity (Wildman–Crippen MR) is 103 cm³/mol. The lowest BCUT2D eigenvalue weighted by atomic mass is 10.2. The first-order valence-electron chi connectivity index (χ1n) is 7.89. The molecule has 1 aromatic carbocycles. The summed E-state index contributed by atoms with van der Waals surface area (Å²) >= 11 is 2.85. The Bertz CT molecular complexity index is 900. The normalized spacial score (nSPS) is 16.7. The molecule has 1 aliphatic heterocycles. The van der Waals surface area contributed by atoms with E-state index in [0.29, 0.717) is 16.6 Å². The number of aromatic nitrogens is 2. The van der Waals surface area contributed by atoms with Crippen LogP contribution in [0.25, 0.3) is 0 Å². The van der Waals surface area contributed by atoms with Gasteiger partial charge in [0.15, 0.2) is 10.4 Å². The van der Waals surface area contributed by atoms with Crippen molar-refractivity contribution >= 4 is 49.8 Å². The SMILES string of the molecule is CCCSc1nnc(NC(=O)[C@@H]2CN(S(C)(=O)=O)c3ccccc3O2)s1. The van der Waals surface area contributed by atoms with Gasteiger partial charge in [-0.25, -0.2) is 8.42 Å². The van der Waals surface area contributed by atoms with Gasteiger partial charge in [-0.05, 0) is 18.6 Å². The highest BCUT2D eigenvalue weighted by atomic mass is 32.2. The monoisotopic (exact) mass is 414 g/mol. The number of thioether (sulfide) groups is 1. The van der Waals surface area contributed by atoms with Gasteiger partial charge in [0, 0.05) is 5.75 Å². The van der Waals surface area contributed by atoms with Gasteiger partial charge in [-0.15, -0.1) is 10.2 Å². The van der Waals surface area contributed by atoms with Crippen LogP contribution < -0.4 is 14.4 Å². The molecule has 0 spiro atoms. The molecule has 0 fully saturated rings. The fourth-order valence-corrected chi connectivity index (χ4v) is 4.94. The van der Waals surface area contributed by atoms with E-state index in [2.05, 4.69) is 22.4 Å². The van der Waals surface area contributed by atoms with Gasteiger partial charge in [-0.1, -0.05) is 42.2 Å². The number of carbonyl (C=O) groups is 1. The number of nitrogens with one attached hydrogen (secondary N) is 1. The number of hydrogen-bond donors (Lipinski definition) is 1. The van der Waals surface area contributed by atoms with Crippen LogP contribution in [0.4, 0.5) is 10.8 Å². The molecule has 0 saturated heterocycles. The topological polar surface area (TPSA) is 101 Å². The number of nitrogens with zero attached hydrogens (tertiary/aromatic N) is 3. The third-order valence-corrected chi connectivity index (χ3v) is 6.82. The number of rotatable bonds is 6. The van der Waals surface area contributed by atoms with E-state index in [1.165, 1.54) is 15.6 Å². The summed E-state index contributed by atoms with van der Waals surface area (Å²) in [5, 5.41) is 11.0. The third-order valence-electron chi connectivity index (χ3n) is 3.49. The van der Waals surface area contributed by atoms with Crippen LogP contribution in [0.1, 0.15) is 13.3 Å². The Labute approximate surface area is 160 Å². The maximum atomic E-state index is 12.5. The minimum atomic E-state index is -3.54. The lowest BCUT2D eigenvalue weighted by molar-refractivity contribution is -0.122. The molecular weight excluding hydrogens is 396 g/mol. The van der Waals surface area contributed by atoms with Crippen molar-refractivity contribution in [2.24, 2.45) is 0 Å². The van der Waals surface area contributed by atoms with Crippen molar-refractivity contribution in [3.05, 3.63) is 24.3 Å². The van der Waals surface area contributed by atoms with Gasteiger partial charge in [-0.3, -0.25) is 14.4 Å². The Morgan fingerprint density at radius 1 is 1.42 bits per heavy atom. The summed E-state index contributed by atoms with van der Waals surface area (Å²) in [5.74, 6) is 0.811. The molecule has 8 nitrogen and oxygen atoms in total. The maximum Gasteiger partial charge on any atom is 0.269 e. The van der Waals surface area contributed by atoms with Crippen LogP contribution >= 0.6 is 23.1 Å². The molecule has 140 valence electrons. The van der Waals surface area contributed by atoms with E-state index in [-0.39, 0.29) is 6.54 Å². The fraction of sp³-hybridized carbons (Fsp3) is 0.400. The van der Waals surface area contributed by atoms with E-state index < -0.39 is 22.0 Å². The number of ether oxygens (including phenoxy) is 1. The molecular formula is C15H18N4O4S3. The van der Waals surface area contributed by atoms with E-state index >= 15 is 0 Å². The summed E-state index contributed by atoms with van der Waals surface area (Å²) < 4.78 is 31.8. The van der Waals surface area contributed by atoms with Crippen LogP contribution in [-0.4, -0.2) is 49.2 Å². The molecule has 11 heteroatoms. The zero-order valence-corrected chi connectivity index (χ0v) is 16.7. The van der Waals surface area contributed by atoms with Gasteiger partial charge in [0.25, 0.3) is 5.91 Å². The molecule has 0 saturated carbocycles. The number of amides is 1. The van der Waals surface area contributed by atoms with Crippen molar-refractivity contribution in [1.82, 2.24) is 10.2 Å². The second-order valence-electron chi connectivity index (χ2n) is 5.58. The van der Waals surface area contributed by atoms with E-state index in [0.717, 1.165) is 22.8 Å². The summed E-state index contributed by atoms with van der Waals surface area (Å²) in [6, 6.07) is 6.73.